The van der Waals surface area contributed by atoms with Crippen molar-refractivity contribution in [2.75, 3.05) is 30.3 Å². The van der Waals surface area contributed by atoms with Crippen molar-refractivity contribution < 1.29 is 9.18 Å². The summed E-state index contributed by atoms with van der Waals surface area (Å²) >= 11 is 1.54. The number of likely N-dealkylation sites (tertiary alicyclic amines) is 1. The maximum atomic E-state index is 13.7. The van der Waals surface area contributed by atoms with E-state index < -0.39 is 5.82 Å². The molecule has 1 fully saturated rings. The highest BCUT2D eigenvalue weighted by molar-refractivity contribution is 7.15. The monoisotopic (exact) mass is 440 g/mol. The first-order chi connectivity index (χ1) is 15.1. The molecule has 1 saturated heterocycles. The molecular weight excluding hydrogens is 415 g/mol. The number of carbonyl (C=O) groups excluding carboxylic acids is 1. The van der Waals surface area contributed by atoms with Crippen LogP contribution in [0.4, 0.5) is 21.0 Å². The minimum absolute atomic E-state index is 0.198. The van der Waals surface area contributed by atoms with E-state index in [9.17, 15) is 9.18 Å². The van der Waals surface area contributed by atoms with Crippen LogP contribution in [0.5, 0.6) is 0 Å². The van der Waals surface area contributed by atoms with Gasteiger partial charge in [0.2, 0.25) is 11.0 Å². The predicted molar refractivity (Wildman–Crippen MR) is 120 cm³/mol. The number of halogens is 1. The minimum Gasteiger partial charge on any atom is -0.322 e. The number of pyridine rings is 1. The normalized spacial score (nSPS) is 15.0. The first kappa shape index (κ1) is 21.3. The number of aromatic nitrogens is 3. The molecule has 3 aromatic rings. The molecule has 3 heterocycles. The summed E-state index contributed by atoms with van der Waals surface area (Å²) in [6, 6.07) is 12.2. The van der Waals surface area contributed by atoms with Crippen molar-refractivity contribution in [3.63, 3.8) is 0 Å². The molecule has 162 valence electrons. The average molecular weight is 441 g/mol. The van der Waals surface area contributed by atoms with E-state index >= 15 is 0 Å². The van der Waals surface area contributed by atoms with E-state index in [1.54, 1.807) is 18.2 Å². The highest BCUT2D eigenvalue weighted by atomic mass is 32.1. The van der Waals surface area contributed by atoms with Crippen LogP contribution < -0.4 is 10.6 Å². The lowest BCUT2D eigenvalue weighted by molar-refractivity contribution is -0.117. The van der Waals surface area contributed by atoms with E-state index in [-0.39, 0.29) is 18.1 Å². The van der Waals surface area contributed by atoms with Crippen LogP contribution in [0.15, 0.2) is 42.5 Å². The van der Waals surface area contributed by atoms with Crippen LogP contribution in [0.25, 0.3) is 0 Å². The number of hydrogen-bond acceptors (Lipinski definition) is 7. The molecule has 2 aromatic heterocycles. The molecule has 0 bridgehead atoms. The molecule has 1 amide bonds. The van der Waals surface area contributed by atoms with Crippen LogP contribution in [0, 0.1) is 5.82 Å². The van der Waals surface area contributed by atoms with Crippen molar-refractivity contribution >= 4 is 33.9 Å². The fraction of sp³-hybridized carbons (Fsp3) is 0.364. The third-order valence-corrected chi connectivity index (χ3v) is 6.28. The molecule has 1 aliphatic rings. The van der Waals surface area contributed by atoms with Gasteiger partial charge in [-0.3, -0.25) is 9.69 Å². The molecule has 1 aromatic carbocycles. The Hall–Kier alpha value is -2.91. The van der Waals surface area contributed by atoms with Crippen molar-refractivity contribution in [1.29, 1.82) is 0 Å². The van der Waals surface area contributed by atoms with Crippen LogP contribution in [-0.4, -0.2) is 45.6 Å². The fourth-order valence-electron chi connectivity index (χ4n) is 3.65. The summed E-state index contributed by atoms with van der Waals surface area (Å²) in [7, 11) is 0. The molecule has 2 N–H and O–H groups in total. The van der Waals surface area contributed by atoms with Gasteiger partial charge >= 0.3 is 0 Å². The van der Waals surface area contributed by atoms with Gasteiger partial charge in [-0.2, -0.15) is 0 Å². The summed E-state index contributed by atoms with van der Waals surface area (Å²) in [5, 5.41) is 15.9. The summed E-state index contributed by atoms with van der Waals surface area (Å²) in [5.41, 5.74) is 1.26. The Labute approximate surface area is 184 Å². The third kappa shape index (κ3) is 5.62. The molecule has 0 aliphatic carbocycles. The van der Waals surface area contributed by atoms with Crippen molar-refractivity contribution in [1.82, 2.24) is 20.1 Å². The predicted octanol–water partition coefficient (Wildman–Crippen LogP) is 4.20. The number of anilines is 3. The van der Waals surface area contributed by atoms with Gasteiger partial charge < -0.3 is 10.6 Å². The summed E-state index contributed by atoms with van der Waals surface area (Å²) in [6.45, 7) is 3.90. The number of para-hydroxylation sites is 1. The molecule has 9 heteroatoms. The van der Waals surface area contributed by atoms with E-state index in [0.29, 0.717) is 5.92 Å². The second-order valence-corrected chi connectivity index (χ2v) is 8.57. The standard InChI is InChI=1S/C22H25FN6OS/c1-2-21-27-28-22(31-21)26-19-9-5-8-17(24-19)15-10-12-29(13-11-15)14-20(30)25-18-7-4-3-6-16(18)23/h3-9,15H,2,10-14H2,1H3,(H,25,30)(H,24,26,28). The van der Waals surface area contributed by atoms with Crippen LogP contribution >= 0.6 is 11.3 Å². The molecule has 1 aliphatic heterocycles. The smallest absolute Gasteiger partial charge is 0.238 e. The number of nitrogens with one attached hydrogen (secondary N) is 2. The van der Waals surface area contributed by atoms with Crippen LogP contribution in [-0.2, 0) is 11.2 Å². The van der Waals surface area contributed by atoms with E-state index in [0.717, 1.165) is 54.0 Å². The highest BCUT2D eigenvalue weighted by Crippen LogP contribution is 2.28. The first-order valence-corrected chi connectivity index (χ1v) is 11.3. The van der Waals surface area contributed by atoms with E-state index in [1.807, 2.05) is 18.2 Å². The van der Waals surface area contributed by atoms with Gasteiger partial charge in [-0.25, -0.2) is 9.37 Å². The summed E-state index contributed by atoms with van der Waals surface area (Å²) in [4.78, 5) is 19.1. The number of rotatable bonds is 7. The Bertz CT molecular complexity index is 1030. The maximum Gasteiger partial charge on any atom is 0.238 e. The van der Waals surface area contributed by atoms with Crippen LogP contribution in [0.2, 0.25) is 0 Å². The number of carbonyl (C=O) groups is 1. The highest BCUT2D eigenvalue weighted by Gasteiger charge is 2.23. The van der Waals surface area contributed by atoms with E-state index in [2.05, 4.69) is 32.7 Å². The van der Waals surface area contributed by atoms with Crippen molar-refractivity contribution in [2.45, 2.75) is 32.1 Å². The van der Waals surface area contributed by atoms with Gasteiger partial charge in [0.15, 0.2) is 0 Å². The first-order valence-electron chi connectivity index (χ1n) is 10.4. The number of aryl methyl sites for hydroxylation is 1. The van der Waals surface area contributed by atoms with Crippen molar-refractivity contribution in [3.8, 4) is 0 Å². The summed E-state index contributed by atoms with van der Waals surface area (Å²) in [5.74, 6) is 0.487. The molecule has 0 atom stereocenters. The molecular formula is C22H25FN6OS. The Morgan fingerprint density at radius 3 is 2.71 bits per heavy atom. The Morgan fingerprint density at radius 1 is 1.16 bits per heavy atom. The van der Waals surface area contributed by atoms with Gasteiger partial charge in [-0.05, 0) is 56.6 Å². The number of hydrogen-bond donors (Lipinski definition) is 2. The van der Waals surface area contributed by atoms with Crippen molar-refractivity contribution in [2.24, 2.45) is 0 Å². The number of piperidine rings is 1. The lowest BCUT2D eigenvalue weighted by Crippen LogP contribution is -2.39. The maximum absolute atomic E-state index is 13.7. The van der Waals surface area contributed by atoms with Gasteiger partial charge in [0.1, 0.15) is 16.6 Å². The Morgan fingerprint density at radius 2 is 1.97 bits per heavy atom. The third-order valence-electron chi connectivity index (χ3n) is 5.30. The second kappa shape index (κ2) is 9.93. The number of amides is 1. The van der Waals surface area contributed by atoms with E-state index in [1.165, 1.54) is 17.4 Å². The average Bonchev–Trinajstić information content (AvgIpc) is 3.23. The number of benzene rings is 1. The van der Waals surface area contributed by atoms with Crippen molar-refractivity contribution in [3.05, 3.63) is 59.0 Å². The zero-order valence-corrected chi connectivity index (χ0v) is 18.2. The quantitative estimate of drug-likeness (QED) is 0.573. The summed E-state index contributed by atoms with van der Waals surface area (Å²) in [6.07, 6.45) is 2.70. The number of nitrogens with zero attached hydrogens (tertiary/aromatic N) is 4. The zero-order chi connectivity index (χ0) is 21.6. The van der Waals surface area contributed by atoms with Gasteiger partial charge in [0.05, 0.1) is 12.2 Å². The lowest BCUT2D eigenvalue weighted by atomic mass is 9.93. The fourth-order valence-corrected chi connectivity index (χ4v) is 4.33. The van der Waals surface area contributed by atoms with Crippen LogP contribution in [0.3, 0.4) is 0 Å². The Balaban J connectivity index is 1.29. The summed E-state index contributed by atoms with van der Waals surface area (Å²) < 4.78 is 13.7. The Kier molecular flexibility index (Phi) is 6.83. The van der Waals surface area contributed by atoms with Gasteiger partial charge in [0, 0.05) is 11.6 Å². The second-order valence-electron chi connectivity index (χ2n) is 7.51. The molecule has 0 unspecified atom stereocenters. The SMILES string of the molecule is CCc1nnc(Nc2cccc(C3CCN(CC(=O)Nc4ccccc4F)CC3)n2)s1. The van der Waals surface area contributed by atoms with Gasteiger partial charge in [0.25, 0.3) is 0 Å². The lowest BCUT2D eigenvalue weighted by Gasteiger charge is -2.31. The largest absolute Gasteiger partial charge is 0.322 e. The molecule has 31 heavy (non-hydrogen) atoms. The zero-order valence-electron chi connectivity index (χ0n) is 17.3. The molecule has 7 nitrogen and oxygen atoms in total. The molecule has 0 saturated carbocycles. The van der Waals surface area contributed by atoms with E-state index in [4.69, 9.17) is 4.98 Å². The minimum atomic E-state index is -0.423. The van der Waals surface area contributed by atoms with Gasteiger partial charge in [-0.15, -0.1) is 10.2 Å². The molecule has 0 spiro atoms. The molecule has 0 radical (unpaired) electrons. The van der Waals surface area contributed by atoms with Crippen LogP contribution in [0.1, 0.15) is 36.4 Å². The topological polar surface area (TPSA) is 83.0 Å². The van der Waals surface area contributed by atoms with Gasteiger partial charge in [-0.1, -0.05) is 36.5 Å². The molecule has 4 rings (SSSR count).